The largest absolute Gasteiger partial charge is 0.497 e. The van der Waals surface area contributed by atoms with Crippen LogP contribution >= 0.6 is 11.3 Å². The number of hydrogen-bond donors (Lipinski definition) is 2. The van der Waals surface area contributed by atoms with E-state index in [4.69, 9.17) is 14.2 Å². The Labute approximate surface area is 236 Å². The predicted molar refractivity (Wildman–Crippen MR) is 148 cm³/mol. The molecule has 2 atom stereocenters. The number of carbonyl (C=O) groups is 1. The first kappa shape index (κ1) is 29.7. The zero-order valence-electron chi connectivity index (χ0n) is 21.9. The molecule has 214 valence electrons. The number of thiophene rings is 1. The number of halogens is 1. The lowest BCUT2D eigenvalue weighted by molar-refractivity contribution is -0.146. The van der Waals surface area contributed by atoms with E-state index in [9.17, 15) is 22.7 Å². The summed E-state index contributed by atoms with van der Waals surface area (Å²) in [5.74, 6) is -0.322. The van der Waals surface area contributed by atoms with Crippen LogP contribution in [0.3, 0.4) is 0 Å². The standard InChI is InChI=1S/C28H31FN2O7S2/c1-36-23-8-10-24(11-9-23)40(34,35)31(12-14-32)13-15-37-27-18-21(26-3-2-16-39-26)17-25(38-27)28(33)30-19-20-4-6-22(29)7-5-20/h2-11,16-17,21,27,32H,12-15,18-19H2,1H3,(H,30,33)/t21-,27+/m0/s1. The summed E-state index contributed by atoms with van der Waals surface area (Å²) in [5, 5.41) is 14.2. The maximum absolute atomic E-state index is 13.2. The highest BCUT2D eigenvalue weighted by atomic mass is 32.2. The van der Waals surface area contributed by atoms with Crippen LogP contribution in [0.15, 0.2) is 82.8 Å². The summed E-state index contributed by atoms with van der Waals surface area (Å²) >= 11 is 1.55. The van der Waals surface area contributed by atoms with Crippen LogP contribution in [0.25, 0.3) is 0 Å². The molecule has 0 saturated carbocycles. The number of benzene rings is 2. The van der Waals surface area contributed by atoms with Crippen LogP contribution in [-0.4, -0.2) is 63.4 Å². The second-order valence-corrected chi connectivity index (χ2v) is 11.8. The van der Waals surface area contributed by atoms with E-state index >= 15 is 0 Å². The summed E-state index contributed by atoms with van der Waals surface area (Å²) in [4.78, 5) is 14.0. The second-order valence-electron chi connectivity index (χ2n) is 8.92. The number of hydrogen-bond acceptors (Lipinski definition) is 8. The average Bonchev–Trinajstić information content (AvgIpc) is 3.51. The van der Waals surface area contributed by atoms with Gasteiger partial charge in [0, 0.05) is 36.9 Å². The van der Waals surface area contributed by atoms with E-state index in [1.54, 1.807) is 41.7 Å². The summed E-state index contributed by atoms with van der Waals surface area (Å²) in [5.41, 5.74) is 0.732. The van der Waals surface area contributed by atoms with Gasteiger partial charge in [0.25, 0.3) is 5.91 Å². The van der Waals surface area contributed by atoms with Crippen molar-refractivity contribution < 1.29 is 36.9 Å². The van der Waals surface area contributed by atoms with E-state index in [1.165, 1.54) is 31.4 Å². The Kier molecular flexibility index (Phi) is 10.3. The van der Waals surface area contributed by atoms with Crippen LogP contribution in [-0.2, 0) is 30.8 Å². The smallest absolute Gasteiger partial charge is 0.286 e. The third kappa shape index (κ3) is 7.67. The number of nitrogens with one attached hydrogen (secondary N) is 1. The molecule has 0 radical (unpaired) electrons. The van der Waals surface area contributed by atoms with Crippen molar-refractivity contribution >= 4 is 27.3 Å². The molecule has 0 aliphatic carbocycles. The van der Waals surface area contributed by atoms with Crippen LogP contribution in [0.2, 0.25) is 0 Å². The van der Waals surface area contributed by atoms with E-state index in [0.29, 0.717) is 12.2 Å². The Morgan fingerprint density at radius 1 is 1.15 bits per heavy atom. The molecule has 0 unspecified atom stereocenters. The van der Waals surface area contributed by atoms with Gasteiger partial charge in [-0.2, -0.15) is 4.31 Å². The van der Waals surface area contributed by atoms with Gasteiger partial charge in [0.05, 0.1) is 25.2 Å². The van der Waals surface area contributed by atoms with Gasteiger partial charge < -0.3 is 24.6 Å². The molecule has 0 saturated heterocycles. The lowest BCUT2D eigenvalue weighted by atomic mass is 9.99. The molecule has 2 aromatic carbocycles. The molecular weight excluding hydrogens is 559 g/mol. The van der Waals surface area contributed by atoms with E-state index in [2.05, 4.69) is 5.32 Å². The first-order valence-electron chi connectivity index (χ1n) is 12.6. The number of allylic oxidation sites excluding steroid dienone is 1. The van der Waals surface area contributed by atoms with Gasteiger partial charge in [-0.3, -0.25) is 4.79 Å². The number of rotatable bonds is 13. The molecule has 40 heavy (non-hydrogen) atoms. The highest BCUT2D eigenvalue weighted by Gasteiger charge is 2.30. The number of nitrogens with zero attached hydrogens (tertiary/aromatic N) is 1. The van der Waals surface area contributed by atoms with Crippen LogP contribution in [0.4, 0.5) is 4.39 Å². The van der Waals surface area contributed by atoms with Crippen molar-refractivity contribution in [2.75, 3.05) is 33.4 Å². The molecule has 3 aromatic rings. The van der Waals surface area contributed by atoms with E-state index < -0.39 is 22.2 Å². The molecule has 1 aliphatic heterocycles. The minimum absolute atomic E-state index is 0.0261. The zero-order valence-corrected chi connectivity index (χ0v) is 23.5. The fourth-order valence-electron chi connectivity index (χ4n) is 4.14. The Morgan fingerprint density at radius 2 is 1.90 bits per heavy atom. The SMILES string of the molecule is COc1ccc(S(=O)(=O)N(CCO)CCO[C@H]2C[C@@H](c3cccs3)C=C(C(=O)NCc3ccc(F)cc3)O2)cc1. The monoisotopic (exact) mass is 590 g/mol. The molecule has 12 heteroatoms. The number of carbonyl (C=O) groups excluding carboxylic acids is 1. The summed E-state index contributed by atoms with van der Waals surface area (Å²) < 4.78 is 57.5. The van der Waals surface area contributed by atoms with Crippen molar-refractivity contribution in [2.24, 2.45) is 0 Å². The van der Waals surface area contributed by atoms with Crippen molar-refractivity contribution in [3.63, 3.8) is 0 Å². The number of methoxy groups -OCH3 is 1. The summed E-state index contributed by atoms with van der Waals surface area (Å²) in [6, 6.07) is 15.7. The number of sulfonamides is 1. The second kappa shape index (κ2) is 13.9. The maximum atomic E-state index is 13.2. The molecule has 0 fully saturated rings. The first-order chi connectivity index (χ1) is 19.3. The first-order valence-corrected chi connectivity index (χ1v) is 14.9. The Hall–Kier alpha value is -3.29. The topological polar surface area (TPSA) is 114 Å². The van der Waals surface area contributed by atoms with Gasteiger partial charge in [0.2, 0.25) is 16.3 Å². The van der Waals surface area contributed by atoms with Crippen LogP contribution in [0.5, 0.6) is 5.75 Å². The average molecular weight is 591 g/mol. The fourth-order valence-corrected chi connectivity index (χ4v) is 6.36. The Morgan fingerprint density at radius 3 is 2.55 bits per heavy atom. The van der Waals surface area contributed by atoms with E-state index in [-0.39, 0.29) is 55.2 Å². The van der Waals surface area contributed by atoms with Crippen molar-refractivity contribution in [1.82, 2.24) is 9.62 Å². The van der Waals surface area contributed by atoms with Crippen molar-refractivity contribution in [3.05, 3.63) is 94.1 Å². The van der Waals surface area contributed by atoms with Crippen LogP contribution in [0, 0.1) is 5.82 Å². The summed E-state index contributed by atoms with van der Waals surface area (Å²) in [7, 11) is -2.41. The fraction of sp³-hybridized carbons (Fsp3) is 0.321. The third-order valence-corrected chi connectivity index (χ3v) is 9.16. The van der Waals surface area contributed by atoms with E-state index in [1.807, 2.05) is 17.5 Å². The highest BCUT2D eigenvalue weighted by molar-refractivity contribution is 7.89. The van der Waals surface area contributed by atoms with Gasteiger partial charge in [0.1, 0.15) is 11.6 Å². The molecule has 1 aliphatic rings. The van der Waals surface area contributed by atoms with Gasteiger partial charge in [-0.15, -0.1) is 11.3 Å². The Bertz CT molecular complexity index is 1380. The summed E-state index contributed by atoms with van der Waals surface area (Å²) in [6.07, 6.45) is 1.38. The Balaban J connectivity index is 1.40. The minimum atomic E-state index is -3.90. The van der Waals surface area contributed by atoms with Crippen molar-refractivity contribution in [3.8, 4) is 5.75 Å². The molecule has 1 aromatic heterocycles. The number of amides is 1. The molecule has 2 heterocycles. The molecule has 9 nitrogen and oxygen atoms in total. The van der Waals surface area contributed by atoms with Crippen molar-refractivity contribution in [1.29, 1.82) is 0 Å². The van der Waals surface area contributed by atoms with Gasteiger partial charge in [-0.05, 0) is 59.5 Å². The highest BCUT2D eigenvalue weighted by Crippen LogP contribution is 2.34. The van der Waals surface area contributed by atoms with E-state index in [0.717, 1.165) is 14.7 Å². The predicted octanol–water partition coefficient (Wildman–Crippen LogP) is 3.63. The molecular formula is C28H31FN2O7S2. The van der Waals surface area contributed by atoms with Crippen LogP contribution < -0.4 is 10.1 Å². The van der Waals surface area contributed by atoms with Crippen molar-refractivity contribution in [2.45, 2.75) is 30.1 Å². The number of aliphatic hydroxyl groups is 1. The molecule has 1 amide bonds. The van der Waals surface area contributed by atoms with Gasteiger partial charge in [0.15, 0.2) is 5.76 Å². The maximum Gasteiger partial charge on any atom is 0.286 e. The quantitative estimate of drug-likeness (QED) is 0.313. The van der Waals surface area contributed by atoms with Gasteiger partial charge >= 0.3 is 0 Å². The zero-order chi connectivity index (χ0) is 28.5. The lowest BCUT2D eigenvalue weighted by Gasteiger charge is -2.29. The molecule has 2 N–H and O–H groups in total. The molecule has 4 rings (SSSR count). The normalized spacial score (nSPS) is 17.2. The molecule has 0 spiro atoms. The minimum Gasteiger partial charge on any atom is -0.497 e. The van der Waals surface area contributed by atoms with Gasteiger partial charge in [-0.1, -0.05) is 18.2 Å². The summed E-state index contributed by atoms with van der Waals surface area (Å²) in [6.45, 7) is -0.348. The molecule has 0 bridgehead atoms. The lowest BCUT2D eigenvalue weighted by Crippen LogP contribution is -2.38. The third-order valence-electron chi connectivity index (χ3n) is 6.25. The van der Waals surface area contributed by atoms with Crippen LogP contribution in [0.1, 0.15) is 22.8 Å². The van der Waals surface area contributed by atoms with Gasteiger partial charge in [-0.25, -0.2) is 12.8 Å². The number of aliphatic hydroxyl groups excluding tert-OH is 1. The number of ether oxygens (including phenoxy) is 3.